The van der Waals surface area contributed by atoms with Gasteiger partial charge in [-0.15, -0.1) is 0 Å². The smallest absolute Gasteiger partial charge is 0.265 e. The first-order valence-corrected chi connectivity index (χ1v) is 7.30. The van der Waals surface area contributed by atoms with Crippen molar-refractivity contribution in [2.75, 3.05) is 11.4 Å². The van der Waals surface area contributed by atoms with Crippen LogP contribution in [0.5, 0.6) is 0 Å². The van der Waals surface area contributed by atoms with Crippen LogP contribution in [0, 0.1) is 11.2 Å². The van der Waals surface area contributed by atoms with E-state index >= 15 is 0 Å². The molecule has 0 fully saturated rings. The van der Waals surface area contributed by atoms with Gasteiger partial charge in [0, 0.05) is 18.8 Å². The second-order valence-corrected chi connectivity index (χ2v) is 6.24. The summed E-state index contributed by atoms with van der Waals surface area (Å²) in [5.41, 5.74) is 6.18. The summed E-state index contributed by atoms with van der Waals surface area (Å²) in [6.07, 6.45) is 2.01. The number of nitrogens with zero attached hydrogens (tertiary/aromatic N) is 2. The fourth-order valence-corrected chi connectivity index (χ4v) is 2.85. The van der Waals surface area contributed by atoms with Gasteiger partial charge < -0.3 is 5.73 Å². The summed E-state index contributed by atoms with van der Waals surface area (Å²) in [7, 11) is -2.55. The monoisotopic (exact) mass is 308 g/mol. The number of rotatable bonds is 4. The fraction of sp³-hybridized carbons (Fsp3) is 0.0769. The van der Waals surface area contributed by atoms with Crippen molar-refractivity contribution in [2.24, 2.45) is 5.73 Å². The number of amidine groups is 1. The maximum Gasteiger partial charge on any atom is 0.265 e. The molecule has 0 aliphatic heterocycles. The van der Waals surface area contributed by atoms with Crippen LogP contribution in [0.2, 0.25) is 0 Å². The molecule has 21 heavy (non-hydrogen) atoms. The van der Waals surface area contributed by atoms with E-state index in [1.54, 1.807) is 0 Å². The number of pyridine rings is 1. The largest absolute Gasteiger partial charge is 0.384 e. The van der Waals surface area contributed by atoms with Crippen molar-refractivity contribution < 1.29 is 12.8 Å². The Morgan fingerprint density at radius 2 is 1.90 bits per heavy atom. The molecule has 0 aliphatic carbocycles. The summed E-state index contributed by atoms with van der Waals surface area (Å²) >= 11 is 0. The first kappa shape index (κ1) is 14.9. The predicted octanol–water partition coefficient (Wildman–Crippen LogP) is 1.33. The molecule has 2 rings (SSSR count). The molecule has 0 saturated heterocycles. The van der Waals surface area contributed by atoms with Crippen LogP contribution in [0.15, 0.2) is 47.6 Å². The molecule has 0 saturated carbocycles. The minimum atomic E-state index is -3.90. The van der Waals surface area contributed by atoms with Crippen LogP contribution >= 0.6 is 0 Å². The molecule has 0 radical (unpaired) electrons. The summed E-state index contributed by atoms with van der Waals surface area (Å²) in [6.45, 7) is 0. The summed E-state index contributed by atoms with van der Waals surface area (Å²) in [5, 5.41) is 7.29. The van der Waals surface area contributed by atoms with Crippen molar-refractivity contribution in [2.45, 2.75) is 4.90 Å². The van der Waals surface area contributed by atoms with Gasteiger partial charge in [-0.2, -0.15) is 0 Å². The highest BCUT2D eigenvalue weighted by Gasteiger charge is 2.22. The zero-order chi connectivity index (χ0) is 15.6. The third-order valence-corrected chi connectivity index (χ3v) is 4.63. The molecule has 0 atom stereocenters. The maximum atomic E-state index is 13.1. The molecule has 0 unspecified atom stereocenters. The lowest BCUT2D eigenvalue weighted by atomic mass is 10.2. The average Bonchev–Trinajstić information content (AvgIpc) is 2.46. The van der Waals surface area contributed by atoms with Gasteiger partial charge in [-0.25, -0.2) is 12.8 Å². The summed E-state index contributed by atoms with van der Waals surface area (Å²) in [6, 6.07) is 7.01. The van der Waals surface area contributed by atoms with Crippen molar-refractivity contribution in [1.29, 1.82) is 5.41 Å². The van der Waals surface area contributed by atoms with E-state index in [1.807, 2.05) is 0 Å². The van der Waals surface area contributed by atoms with E-state index < -0.39 is 15.8 Å². The Balaban J connectivity index is 2.38. The fourth-order valence-electron chi connectivity index (χ4n) is 1.68. The predicted molar refractivity (Wildman–Crippen MR) is 77.2 cm³/mol. The lowest BCUT2D eigenvalue weighted by Gasteiger charge is -2.19. The number of hydrogen-bond acceptors (Lipinski definition) is 4. The molecule has 0 bridgehead atoms. The molecule has 6 nitrogen and oxygen atoms in total. The second kappa shape index (κ2) is 5.49. The molecule has 8 heteroatoms. The number of anilines is 1. The molecule has 1 heterocycles. The van der Waals surface area contributed by atoms with Crippen LogP contribution in [0.4, 0.5) is 10.1 Å². The van der Waals surface area contributed by atoms with Crippen LogP contribution in [0.25, 0.3) is 0 Å². The zero-order valence-corrected chi connectivity index (χ0v) is 11.9. The molecule has 1 aromatic carbocycles. The minimum absolute atomic E-state index is 0.110. The van der Waals surface area contributed by atoms with Gasteiger partial charge in [0.2, 0.25) is 0 Å². The minimum Gasteiger partial charge on any atom is -0.384 e. The molecular formula is C13H13FN4O2S. The summed E-state index contributed by atoms with van der Waals surface area (Å²) in [4.78, 5) is 3.30. The van der Waals surface area contributed by atoms with Gasteiger partial charge in [0.15, 0.2) is 0 Å². The molecular weight excluding hydrogens is 295 g/mol. The quantitative estimate of drug-likeness (QED) is 0.657. The van der Waals surface area contributed by atoms with E-state index in [4.69, 9.17) is 11.1 Å². The van der Waals surface area contributed by atoms with Gasteiger partial charge in [0.05, 0.1) is 11.9 Å². The van der Waals surface area contributed by atoms with Gasteiger partial charge >= 0.3 is 0 Å². The Morgan fingerprint density at radius 1 is 1.29 bits per heavy atom. The van der Waals surface area contributed by atoms with Gasteiger partial charge in [0.1, 0.15) is 16.5 Å². The number of aromatic nitrogens is 1. The molecule has 0 amide bonds. The lowest BCUT2D eigenvalue weighted by molar-refractivity contribution is 0.587. The Hall–Kier alpha value is -2.48. The van der Waals surface area contributed by atoms with E-state index in [0.717, 1.165) is 22.8 Å². The van der Waals surface area contributed by atoms with Gasteiger partial charge in [-0.3, -0.25) is 14.7 Å². The van der Waals surface area contributed by atoms with Crippen molar-refractivity contribution in [1.82, 2.24) is 4.98 Å². The third kappa shape index (κ3) is 3.00. The summed E-state index contributed by atoms with van der Waals surface area (Å²) in [5.74, 6) is -0.835. The third-order valence-electron chi connectivity index (χ3n) is 2.88. The van der Waals surface area contributed by atoms with Crippen LogP contribution in [-0.2, 0) is 10.0 Å². The number of nitrogen functional groups attached to an aromatic ring is 1. The second-order valence-electron chi connectivity index (χ2n) is 4.27. The van der Waals surface area contributed by atoms with E-state index in [1.165, 1.54) is 31.3 Å². The lowest BCUT2D eigenvalue weighted by Crippen LogP contribution is -2.26. The molecule has 0 aliphatic rings. The highest BCUT2D eigenvalue weighted by molar-refractivity contribution is 7.92. The van der Waals surface area contributed by atoms with Gasteiger partial charge in [-0.1, -0.05) is 0 Å². The standard InChI is InChI=1S/C13H13FN4O2S/c1-18(11-4-2-9(3-5-11)13(15)16)21(19,20)12-6-10(14)7-17-8-12/h2-8H,1H3,(H3,15,16). The van der Waals surface area contributed by atoms with E-state index in [9.17, 15) is 12.8 Å². The van der Waals surface area contributed by atoms with Crippen LogP contribution < -0.4 is 10.0 Å². The normalized spacial score (nSPS) is 11.1. The van der Waals surface area contributed by atoms with E-state index in [-0.39, 0.29) is 10.7 Å². The Labute approximate surface area is 121 Å². The average molecular weight is 308 g/mol. The van der Waals surface area contributed by atoms with Crippen LogP contribution in [0.1, 0.15) is 5.56 Å². The number of nitrogens with one attached hydrogen (secondary N) is 1. The highest BCUT2D eigenvalue weighted by atomic mass is 32.2. The number of nitrogens with two attached hydrogens (primary N) is 1. The first-order chi connectivity index (χ1) is 9.82. The number of sulfonamides is 1. The Morgan fingerprint density at radius 3 is 2.43 bits per heavy atom. The van der Waals surface area contributed by atoms with Crippen molar-refractivity contribution >= 4 is 21.5 Å². The van der Waals surface area contributed by atoms with E-state index in [2.05, 4.69) is 4.98 Å². The summed E-state index contributed by atoms with van der Waals surface area (Å²) < 4.78 is 38.8. The van der Waals surface area contributed by atoms with Crippen LogP contribution in [-0.4, -0.2) is 26.3 Å². The topological polar surface area (TPSA) is 100 Å². The zero-order valence-electron chi connectivity index (χ0n) is 11.1. The van der Waals surface area contributed by atoms with Crippen molar-refractivity contribution in [3.8, 4) is 0 Å². The SMILES string of the molecule is CN(c1ccc(C(=N)N)cc1)S(=O)(=O)c1cncc(F)c1. The first-order valence-electron chi connectivity index (χ1n) is 5.86. The number of benzene rings is 1. The van der Waals surface area contributed by atoms with Gasteiger partial charge in [-0.05, 0) is 30.3 Å². The number of hydrogen-bond donors (Lipinski definition) is 2. The van der Waals surface area contributed by atoms with E-state index in [0.29, 0.717) is 11.3 Å². The highest BCUT2D eigenvalue weighted by Crippen LogP contribution is 2.22. The maximum absolute atomic E-state index is 13.1. The Bertz CT molecular complexity index is 775. The van der Waals surface area contributed by atoms with Crippen molar-refractivity contribution in [3.63, 3.8) is 0 Å². The van der Waals surface area contributed by atoms with Gasteiger partial charge in [0.25, 0.3) is 10.0 Å². The molecule has 1 aromatic heterocycles. The molecule has 2 aromatic rings. The molecule has 110 valence electrons. The molecule has 3 N–H and O–H groups in total. The molecule has 0 spiro atoms. The van der Waals surface area contributed by atoms with Crippen molar-refractivity contribution in [3.05, 3.63) is 54.1 Å². The number of halogens is 1. The Kier molecular flexibility index (Phi) is 3.90. The van der Waals surface area contributed by atoms with Crippen LogP contribution in [0.3, 0.4) is 0 Å².